The summed E-state index contributed by atoms with van der Waals surface area (Å²) in [5, 5.41) is 11.3. The molecule has 7 heteroatoms. The summed E-state index contributed by atoms with van der Waals surface area (Å²) in [6.45, 7) is 1.64. The molecule has 0 saturated carbocycles. The standard InChI is InChI=1S/C18H19Cl2NO3S/c1-12-8-17(16(20)9-15(12)19)25(23,24)21-11-18(22)7-6-13-4-2-3-5-14(13)10-18/h2-5,8-9,21-22H,6-7,10-11H2,1H3. The summed E-state index contributed by atoms with van der Waals surface area (Å²) >= 11 is 12.0. The van der Waals surface area contributed by atoms with Crippen LogP contribution < -0.4 is 4.72 Å². The largest absolute Gasteiger partial charge is 0.388 e. The molecule has 0 heterocycles. The van der Waals surface area contributed by atoms with Gasteiger partial charge >= 0.3 is 0 Å². The van der Waals surface area contributed by atoms with Crippen molar-refractivity contribution >= 4 is 33.2 Å². The summed E-state index contributed by atoms with van der Waals surface area (Å²) in [6.07, 6.45) is 1.63. The average molecular weight is 400 g/mol. The van der Waals surface area contributed by atoms with Crippen molar-refractivity contribution in [2.24, 2.45) is 0 Å². The van der Waals surface area contributed by atoms with E-state index in [1.165, 1.54) is 17.7 Å². The molecule has 0 radical (unpaired) electrons. The number of hydrogen-bond donors (Lipinski definition) is 2. The van der Waals surface area contributed by atoms with E-state index in [0.29, 0.717) is 23.4 Å². The zero-order chi connectivity index (χ0) is 18.2. The highest BCUT2D eigenvalue weighted by Gasteiger charge is 2.33. The predicted octanol–water partition coefficient (Wildman–Crippen LogP) is 3.50. The van der Waals surface area contributed by atoms with Crippen LogP contribution in [-0.4, -0.2) is 25.7 Å². The minimum absolute atomic E-state index is 0.0316. The normalized spacial score (nSPS) is 20.3. The van der Waals surface area contributed by atoms with E-state index in [-0.39, 0.29) is 16.5 Å². The van der Waals surface area contributed by atoms with Gasteiger partial charge in [-0.2, -0.15) is 0 Å². The fourth-order valence-electron chi connectivity index (χ4n) is 3.08. The molecule has 2 aromatic carbocycles. The van der Waals surface area contributed by atoms with Crippen LogP contribution in [0.3, 0.4) is 0 Å². The average Bonchev–Trinajstić information content (AvgIpc) is 2.56. The number of rotatable bonds is 4. The Bertz CT molecular complexity index is 915. The molecule has 1 unspecified atom stereocenters. The molecule has 2 aromatic rings. The predicted molar refractivity (Wildman–Crippen MR) is 99.8 cm³/mol. The number of benzene rings is 2. The fraction of sp³-hybridized carbons (Fsp3) is 0.333. The van der Waals surface area contributed by atoms with Gasteiger partial charge in [-0.3, -0.25) is 0 Å². The second-order valence-corrected chi connectivity index (χ2v) is 9.08. The first-order valence-electron chi connectivity index (χ1n) is 7.95. The molecule has 0 aromatic heterocycles. The summed E-state index contributed by atoms with van der Waals surface area (Å²) in [5.41, 5.74) is 1.76. The van der Waals surface area contributed by atoms with Gasteiger partial charge in [-0.1, -0.05) is 47.5 Å². The van der Waals surface area contributed by atoms with Crippen LogP contribution in [0.5, 0.6) is 0 Å². The van der Waals surface area contributed by atoms with E-state index in [4.69, 9.17) is 23.2 Å². The molecule has 0 amide bonds. The van der Waals surface area contributed by atoms with Gasteiger partial charge < -0.3 is 5.11 Å². The van der Waals surface area contributed by atoms with Gasteiger partial charge in [-0.05, 0) is 48.6 Å². The number of fused-ring (bicyclic) bond motifs is 1. The highest BCUT2D eigenvalue weighted by Crippen LogP contribution is 2.30. The Morgan fingerprint density at radius 2 is 1.84 bits per heavy atom. The van der Waals surface area contributed by atoms with Crippen LogP contribution in [0.15, 0.2) is 41.3 Å². The minimum Gasteiger partial charge on any atom is -0.388 e. The molecule has 0 saturated heterocycles. The van der Waals surface area contributed by atoms with Gasteiger partial charge in [-0.25, -0.2) is 13.1 Å². The maximum Gasteiger partial charge on any atom is 0.242 e. The lowest BCUT2D eigenvalue weighted by atomic mass is 9.80. The van der Waals surface area contributed by atoms with Crippen molar-refractivity contribution in [3.05, 3.63) is 63.1 Å². The van der Waals surface area contributed by atoms with E-state index >= 15 is 0 Å². The van der Waals surface area contributed by atoms with E-state index in [9.17, 15) is 13.5 Å². The van der Waals surface area contributed by atoms with E-state index in [0.717, 1.165) is 12.0 Å². The summed E-state index contributed by atoms with van der Waals surface area (Å²) in [4.78, 5) is -0.0316. The third kappa shape index (κ3) is 4.01. The lowest BCUT2D eigenvalue weighted by Crippen LogP contribution is -2.46. The van der Waals surface area contributed by atoms with E-state index in [1.54, 1.807) is 6.92 Å². The smallest absolute Gasteiger partial charge is 0.242 e. The summed E-state index contributed by atoms with van der Waals surface area (Å²) in [6, 6.07) is 10.7. The van der Waals surface area contributed by atoms with Crippen molar-refractivity contribution in [3.63, 3.8) is 0 Å². The minimum atomic E-state index is -3.85. The Hall–Kier alpha value is -1.11. The van der Waals surface area contributed by atoms with Gasteiger partial charge in [0.2, 0.25) is 10.0 Å². The Morgan fingerprint density at radius 1 is 1.16 bits per heavy atom. The van der Waals surface area contributed by atoms with Crippen LogP contribution in [0, 0.1) is 6.92 Å². The van der Waals surface area contributed by atoms with Gasteiger partial charge in [0.05, 0.1) is 10.6 Å². The molecule has 1 atom stereocenters. The number of aryl methyl sites for hydroxylation is 2. The Morgan fingerprint density at radius 3 is 2.56 bits per heavy atom. The van der Waals surface area contributed by atoms with Gasteiger partial charge in [0, 0.05) is 18.0 Å². The number of nitrogens with one attached hydrogen (secondary N) is 1. The van der Waals surface area contributed by atoms with Gasteiger partial charge in [0.1, 0.15) is 4.90 Å². The Balaban J connectivity index is 1.78. The first-order chi connectivity index (χ1) is 11.7. The van der Waals surface area contributed by atoms with E-state index in [1.807, 2.05) is 24.3 Å². The molecule has 1 aliphatic rings. The maximum absolute atomic E-state index is 12.6. The number of halogens is 2. The van der Waals surface area contributed by atoms with E-state index in [2.05, 4.69) is 4.72 Å². The van der Waals surface area contributed by atoms with Crippen molar-refractivity contribution in [3.8, 4) is 0 Å². The molecule has 0 bridgehead atoms. The lowest BCUT2D eigenvalue weighted by molar-refractivity contribution is 0.0317. The number of hydrogen-bond acceptors (Lipinski definition) is 3. The molecule has 3 rings (SSSR count). The van der Waals surface area contributed by atoms with E-state index < -0.39 is 15.6 Å². The highest BCUT2D eigenvalue weighted by molar-refractivity contribution is 7.89. The van der Waals surface area contributed by atoms with Crippen molar-refractivity contribution < 1.29 is 13.5 Å². The lowest BCUT2D eigenvalue weighted by Gasteiger charge is -2.33. The van der Waals surface area contributed by atoms with Crippen molar-refractivity contribution in [2.75, 3.05) is 6.54 Å². The van der Waals surface area contributed by atoms with Crippen LogP contribution in [0.2, 0.25) is 10.0 Å². The summed E-state index contributed by atoms with van der Waals surface area (Å²) in [7, 11) is -3.85. The number of sulfonamides is 1. The van der Waals surface area contributed by atoms with Crippen molar-refractivity contribution in [1.29, 1.82) is 0 Å². The van der Waals surface area contributed by atoms with Crippen LogP contribution in [0.1, 0.15) is 23.1 Å². The van der Waals surface area contributed by atoms with Crippen LogP contribution >= 0.6 is 23.2 Å². The molecule has 2 N–H and O–H groups in total. The zero-order valence-corrected chi connectivity index (χ0v) is 16.0. The molecule has 134 valence electrons. The molecule has 4 nitrogen and oxygen atoms in total. The second-order valence-electron chi connectivity index (χ2n) is 6.53. The molecular weight excluding hydrogens is 381 g/mol. The molecule has 25 heavy (non-hydrogen) atoms. The topological polar surface area (TPSA) is 66.4 Å². The second kappa shape index (κ2) is 6.89. The van der Waals surface area contributed by atoms with Crippen molar-refractivity contribution in [2.45, 2.75) is 36.7 Å². The third-order valence-corrected chi connectivity index (χ3v) is 6.86. The Kier molecular flexibility index (Phi) is 5.15. The Labute approximate surface area is 157 Å². The fourth-order valence-corrected chi connectivity index (χ4v) is 5.03. The first kappa shape index (κ1) is 18.7. The quantitative estimate of drug-likeness (QED) is 0.826. The monoisotopic (exact) mass is 399 g/mol. The molecule has 0 fully saturated rings. The van der Waals surface area contributed by atoms with Gasteiger partial charge in [0.15, 0.2) is 0 Å². The summed E-state index contributed by atoms with van der Waals surface area (Å²) < 4.78 is 27.7. The molecule has 0 aliphatic heterocycles. The molecule has 0 spiro atoms. The van der Waals surface area contributed by atoms with Crippen molar-refractivity contribution in [1.82, 2.24) is 4.72 Å². The first-order valence-corrected chi connectivity index (χ1v) is 10.2. The van der Waals surface area contributed by atoms with Crippen LogP contribution in [-0.2, 0) is 22.9 Å². The van der Waals surface area contributed by atoms with Crippen LogP contribution in [0.4, 0.5) is 0 Å². The SMILES string of the molecule is Cc1cc(S(=O)(=O)NCC2(O)CCc3ccccc3C2)c(Cl)cc1Cl. The number of aliphatic hydroxyl groups is 1. The molecule has 1 aliphatic carbocycles. The highest BCUT2D eigenvalue weighted by atomic mass is 35.5. The zero-order valence-electron chi connectivity index (χ0n) is 13.7. The summed E-state index contributed by atoms with van der Waals surface area (Å²) in [5.74, 6) is 0. The maximum atomic E-state index is 12.6. The van der Waals surface area contributed by atoms with Gasteiger partial charge in [-0.15, -0.1) is 0 Å². The molecular formula is C18H19Cl2NO3S. The third-order valence-electron chi connectivity index (χ3n) is 4.59. The van der Waals surface area contributed by atoms with Crippen LogP contribution in [0.25, 0.3) is 0 Å². The van der Waals surface area contributed by atoms with Gasteiger partial charge in [0.25, 0.3) is 0 Å².